The van der Waals surface area contributed by atoms with Crippen LogP contribution in [0.25, 0.3) is 0 Å². The Balaban J connectivity index is 1.90. The van der Waals surface area contributed by atoms with Gasteiger partial charge in [0, 0.05) is 6.04 Å². The highest BCUT2D eigenvalue weighted by Crippen LogP contribution is 2.22. The van der Waals surface area contributed by atoms with Crippen LogP contribution >= 0.6 is 0 Å². The van der Waals surface area contributed by atoms with Crippen molar-refractivity contribution >= 4 is 12.1 Å². The molecule has 6 nitrogen and oxygen atoms in total. The molecule has 1 amide bonds. The molecule has 0 aliphatic carbocycles. The molecule has 2 atom stereocenters. The highest BCUT2D eigenvalue weighted by atomic mass is 16.6. The SMILES string of the molecule is CCOC(=O)C[C@H]1C[C@@H](O)CN1C(=O)OCc1ccccc1. The predicted molar refractivity (Wildman–Crippen MR) is 79.0 cm³/mol. The average molecular weight is 307 g/mol. The van der Waals surface area contributed by atoms with E-state index in [1.54, 1.807) is 6.92 Å². The van der Waals surface area contributed by atoms with Gasteiger partial charge in [-0.25, -0.2) is 4.79 Å². The van der Waals surface area contributed by atoms with Gasteiger partial charge in [-0.2, -0.15) is 0 Å². The highest BCUT2D eigenvalue weighted by Gasteiger charge is 2.36. The zero-order valence-electron chi connectivity index (χ0n) is 12.6. The number of aliphatic hydroxyl groups excluding tert-OH is 1. The number of carbonyl (C=O) groups excluding carboxylic acids is 2. The molecular formula is C16H21NO5. The summed E-state index contributed by atoms with van der Waals surface area (Å²) in [4.78, 5) is 25.1. The van der Waals surface area contributed by atoms with E-state index >= 15 is 0 Å². The predicted octanol–water partition coefficient (Wildman–Crippen LogP) is 1.71. The maximum Gasteiger partial charge on any atom is 0.410 e. The number of hydrogen-bond acceptors (Lipinski definition) is 5. The van der Waals surface area contributed by atoms with Crippen molar-refractivity contribution in [1.82, 2.24) is 4.90 Å². The number of benzene rings is 1. The molecule has 0 radical (unpaired) electrons. The Morgan fingerprint density at radius 1 is 1.27 bits per heavy atom. The van der Waals surface area contributed by atoms with Gasteiger partial charge in [-0.15, -0.1) is 0 Å². The molecule has 0 aromatic heterocycles. The minimum atomic E-state index is -0.635. The Labute approximate surface area is 129 Å². The molecule has 1 aromatic carbocycles. The van der Waals surface area contributed by atoms with Crippen molar-refractivity contribution in [3.63, 3.8) is 0 Å². The molecule has 1 aliphatic rings. The molecule has 1 fully saturated rings. The van der Waals surface area contributed by atoms with Crippen molar-refractivity contribution in [2.45, 2.75) is 38.5 Å². The topological polar surface area (TPSA) is 76.1 Å². The zero-order valence-corrected chi connectivity index (χ0v) is 12.6. The Morgan fingerprint density at radius 2 is 2.00 bits per heavy atom. The lowest BCUT2D eigenvalue weighted by molar-refractivity contribution is -0.144. The highest BCUT2D eigenvalue weighted by molar-refractivity contribution is 5.73. The first kappa shape index (κ1) is 16.3. The molecular weight excluding hydrogens is 286 g/mol. The summed E-state index contributed by atoms with van der Waals surface area (Å²) in [7, 11) is 0. The van der Waals surface area contributed by atoms with Gasteiger partial charge < -0.3 is 19.5 Å². The zero-order chi connectivity index (χ0) is 15.9. The summed E-state index contributed by atoms with van der Waals surface area (Å²) in [6, 6.07) is 8.97. The lowest BCUT2D eigenvalue weighted by Gasteiger charge is -2.23. The molecule has 22 heavy (non-hydrogen) atoms. The minimum Gasteiger partial charge on any atom is -0.466 e. The number of carbonyl (C=O) groups is 2. The summed E-state index contributed by atoms with van der Waals surface area (Å²) in [5.74, 6) is -0.373. The van der Waals surface area contributed by atoms with Crippen LogP contribution in [0.1, 0.15) is 25.3 Å². The smallest absolute Gasteiger partial charge is 0.410 e. The molecule has 0 spiro atoms. The minimum absolute atomic E-state index is 0.0747. The lowest BCUT2D eigenvalue weighted by atomic mass is 10.1. The quantitative estimate of drug-likeness (QED) is 0.838. The first-order chi connectivity index (χ1) is 10.6. The van der Waals surface area contributed by atoms with Crippen LogP contribution in [0.2, 0.25) is 0 Å². The summed E-state index contributed by atoms with van der Waals surface area (Å²) < 4.78 is 10.2. The van der Waals surface area contributed by atoms with Crippen molar-refractivity contribution in [3.8, 4) is 0 Å². The van der Waals surface area contributed by atoms with E-state index in [2.05, 4.69) is 0 Å². The van der Waals surface area contributed by atoms with Crippen molar-refractivity contribution in [1.29, 1.82) is 0 Å². The molecule has 1 aromatic rings. The van der Waals surface area contributed by atoms with Gasteiger partial charge in [-0.05, 0) is 18.9 Å². The first-order valence-electron chi connectivity index (χ1n) is 7.41. The molecule has 1 aliphatic heterocycles. The standard InChI is InChI=1S/C16H21NO5/c1-2-21-15(19)9-13-8-14(18)10-17(13)16(20)22-11-12-6-4-3-5-7-12/h3-7,13-14,18H,2,8-11H2,1H3/t13-,14-/m1/s1. The van der Waals surface area contributed by atoms with Crippen molar-refractivity contribution in [2.24, 2.45) is 0 Å². The first-order valence-corrected chi connectivity index (χ1v) is 7.41. The fourth-order valence-electron chi connectivity index (χ4n) is 2.52. The number of likely N-dealkylation sites (tertiary alicyclic amines) is 1. The largest absolute Gasteiger partial charge is 0.466 e. The third-order valence-electron chi connectivity index (χ3n) is 3.54. The van der Waals surface area contributed by atoms with Gasteiger partial charge in [0.1, 0.15) is 6.61 Å². The average Bonchev–Trinajstić information content (AvgIpc) is 2.86. The normalized spacial score (nSPS) is 20.7. The molecule has 1 heterocycles. The Hall–Kier alpha value is -2.08. The van der Waals surface area contributed by atoms with Crippen LogP contribution in [-0.4, -0.2) is 47.4 Å². The van der Waals surface area contributed by atoms with E-state index in [-0.39, 0.29) is 31.6 Å². The number of aliphatic hydroxyl groups is 1. The van der Waals surface area contributed by atoms with Gasteiger partial charge in [0.05, 0.1) is 25.7 Å². The van der Waals surface area contributed by atoms with Crippen LogP contribution in [-0.2, 0) is 20.9 Å². The number of rotatable bonds is 5. The van der Waals surface area contributed by atoms with Gasteiger partial charge in [0.2, 0.25) is 0 Å². The third kappa shape index (κ3) is 4.46. The number of esters is 1. The van der Waals surface area contributed by atoms with E-state index in [9.17, 15) is 14.7 Å². The van der Waals surface area contributed by atoms with Gasteiger partial charge in [0.15, 0.2) is 0 Å². The van der Waals surface area contributed by atoms with E-state index in [4.69, 9.17) is 9.47 Å². The lowest BCUT2D eigenvalue weighted by Crippen LogP contribution is -2.37. The van der Waals surface area contributed by atoms with Gasteiger partial charge in [-0.1, -0.05) is 30.3 Å². The van der Waals surface area contributed by atoms with E-state index < -0.39 is 12.2 Å². The van der Waals surface area contributed by atoms with Crippen LogP contribution in [0.15, 0.2) is 30.3 Å². The van der Waals surface area contributed by atoms with Gasteiger partial charge in [-0.3, -0.25) is 4.79 Å². The molecule has 0 saturated carbocycles. The van der Waals surface area contributed by atoms with Gasteiger partial charge in [0.25, 0.3) is 0 Å². The second kappa shape index (κ2) is 7.79. The summed E-state index contributed by atoms with van der Waals surface area (Å²) in [5, 5.41) is 9.75. The number of nitrogens with zero attached hydrogens (tertiary/aromatic N) is 1. The van der Waals surface area contributed by atoms with Crippen LogP contribution in [0, 0.1) is 0 Å². The Bertz CT molecular complexity index is 505. The maximum atomic E-state index is 12.2. The molecule has 1 N–H and O–H groups in total. The fourth-order valence-corrected chi connectivity index (χ4v) is 2.52. The van der Waals surface area contributed by atoms with Crippen LogP contribution in [0.5, 0.6) is 0 Å². The number of hydrogen-bond donors (Lipinski definition) is 1. The van der Waals surface area contributed by atoms with E-state index in [1.165, 1.54) is 4.90 Å². The summed E-state index contributed by atoms with van der Waals surface area (Å²) in [6.45, 7) is 2.37. The van der Waals surface area contributed by atoms with Crippen LogP contribution in [0.3, 0.4) is 0 Å². The Kier molecular flexibility index (Phi) is 5.77. The Morgan fingerprint density at radius 3 is 2.68 bits per heavy atom. The molecule has 120 valence electrons. The fraction of sp³-hybridized carbons (Fsp3) is 0.500. The van der Waals surface area contributed by atoms with E-state index in [0.29, 0.717) is 13.0 Å². The van der Waals surface area contributed by atoms with E-state index in [0.717, 1.165) is 5.56 Å². The van der Waals surface area contributed by atoms with Crippen molar-refractivity contribution in [2.75, 3.05) is 13.2 Å². The van der Waals surface area contributed by atoms with Crippen LogP contribution in [0.4, 0.5) is 4.79 Å². The second-order valence-corrected chi connectivity index (χ2v) is 5.25. The van der Waals surface area contributed by atoms with E-state index in [1.807, 2.05) is 30.3 Å². The molecule has 1 saturated heterocycles. The number of amides is 1. The monoisotopic (exact) mass is 307 g/mol. The number of ether oxygens (including phenoxy) is 2. The van der Waals surface area contributed by atoms with Gasteiger partial charge >= 0.3 is 12.1 Å². The number of β-amino-alcohol motifs (C(OH)–C–C–N with tert-alkyl or cyclic N) is 1. The molecule has 2 rings (SSSR count). The molecule has 6 heteroatoms. The third-order valence-corrected chi connectivity index (χ3v) is 3.54. The molecule has 0 bridgehead atoms. The molecule has 0 unspecified atom stereocenters. The summed E-state index contributed by atoms with van der Waals surface area (Å²) in [5.41, 5.74) is 0.887. The second-order valence-electron chi connectivity index (χ2n) is 5.25. The maximum absolute atomic E-state index is 12.2. The summed E-state index contributed by atoms with van der Waals surface area (Å²) in [6.07, 6.45) is -0.719. The summed E-state index contributed by atoms with van der Waals surface area (Å²) >= 11 is 0. The van der Waals surface area contributed by atoms with Crippen molar-refractivity contribution in [3.05, 3.63) is 35.9 Å². The van der Waals surface area contributed by atoms with Crippen LogP contribution < -0.4 is 0 Å². The van der Waals surface area contributed by atoms with Crippen molar-refractivity contribution < 1.29 is 24.2 Å².